The Balaban J connectivity index is 1.53. The average Bonchev–Trinajstić information content (AvgIpc) is 3.31. The second-order valence-electron chi connectivity index (χ2n) is 6.60. The molecule has 0 bridgehead atoms. The van der Waals surface area contributed by atoms with Gasteiger partial charge in [0, 0.05) is 6.42 Å². The van der Waals surface area contributed by atoms with Gasteiger partial charge in [-0.1, -0.05) is 29.5 Å². The third kappa shape index (κ3) is 3.99. The largest absolute Gasteiger partial charge is 0.497 e. The van der Waals surface area contributed by atoms with Crippen molar-refractivity contribution in [2.75, 3.05) is 21.3 Å². The van der Waals surface area contributed by atoms with Crippen molar-refractivity contribution in [2.24, 2.45) is 0 Å². The summed E-state index contributed by atoms with van der Waals surface area (Å²) >= 11 is 1.34. The van der Waals surface area contributed by atoms with E-state index >= 15 is 0 Å². The fourth-order valence-electron chi connectivity index (χ4n) is 3.12. The Kier molecular flexibility index (Phi) is 5.67. The Morgan fingerprint density at radius 2 is 1.73 bits per heavy atom. The molecule has 2 heterocycles. The predicted molar refractivity (Wildman–Crippen MR) is 116 cm³/mol. The van der Waals surface area contributed by atoms with E-state index in [9.17, 15) is 4.79 Å². The highest BCUT2D eigenvalue weighted by Crippen LogP contribution is 2.28. The molecule has 0 fully saturated rings. The van der Waals surface area contributed by atoms with Gasteiger partial charge in [-0.15, -0.1) is 5.10 Å². The lowest BCUT2D eigenvalue weighted by Crippen LogP contribution is -2.23. The standard InChI is InChI=1S/C22H21N3O4S/c1-27-16-8-4-15(5-9-16)13-19-21(26)25-22(30-19)23-20(24-25)11-7-14-6-10-17(28-2)18(12-14)29-3/h4-6,8-10,12-13H,7,11H2,1-3H3/b19-13-. The van der Waals surface area contributed by atoms with Crippen molar-refractivity contribution in [3.63, 3.8) is 0 Å². The van der Waals surface area contributed by atoms with Crippen LogP contribution in [-0.2, 0) is 12.8 Å². The van der Waals surface area contributed by atoms with Gasteiger partial charge in [0.25, 0.3) is 5.56 Å². The van der Waals surface area contributed by atoms with E-state index in [2.05, 4.69) is 10.1 Å². The zero-order valence-electron chi connectivity index (χ0n) is 16.9. The lowest BCUT2D eigenvalue weighted by molar-refractivity contribution is 0.354. The maximum absolute atomic E-state index is 12.7. The van der Waals surface area contributed by atoms with Crippen molar-refractivity contribution in [3.8, 4) is 17.2 Å². The zero-order valence-corrected chi connectivity index (χ0v) is 17.7. The first-order chi connectivity index (χ1) is 14.6. The lowest BCUT2D eigenvalue weighted by Gasteiger charge is -2.08. The minimum Gasteiger partial charge on any atom is -0.497 e. The van der Waals surface area contributed by atoms with Crippen LogP contribution in [0, 0.1) is 0 Å². The highest BCUT2D eigenvalue weighted by Gasteiger charge is 2.11. The SMILES string of the molecule is COc1ccc(/C=c2\sc3nc(CCc4ccc(OC)c(OC)c4)nn3c2=O)cc1. The summed E-state index contributed by atoms with van der Waals surface area (Å²) in [5.41, 5.74) is 1.85. The van der Waals surface area contributed by atoms with Crippen LogP contribution in [0.4, 0.5) is 0 Å². The minimum absolute atomic E-state index is 0.157. The molecule has 0 spiro atoms. The van der Waals surface area contributed by atoms with Gasteiger partial charge in [0.1, 0.15) is 5.75 Å². The summed E-state index contributed by atoms with van der Waals surface area (Å²) in [6.45, 7) is 0. The number of benzene rings is 2. The van der Waals surface area contributed by atoms with Crippen molar-refractivity contribution in [1.29, 1.82) is 0 Å². The second-order valence-corrected chi connectivity index (χ2v) is 7.61. The van der Waals surface area contributed by atoms with Crippen molar-refractivity contribution >= 4 is 22.4 Å². The molecule has 2 aromatic carbocycles. The second kappa shape index (κ2) is 8.54. The van der Waals surface area contributed by atoms with E-state index < -0.39 is 0 Å². The first-order valence-electron chi connectivity index (χ1n) is 9.36. The van der Waals surface area contributed by atoms with Crippen molar-refractivity contribution in [2.45, 2.75) is 12.8 Å². The molecule has 30 heavy (non-hydrogen) atoms. The lowest BCUT2D eigenvalue weighted by atomic mass is 10.1. The Hall–Kier alpha value is -3.39. The number of methoxy groups -OCH3 is 3. The van der Waals surface area contributed by atoms with Crippen LogP contribution < -0.4 is 24.3 Å². The van der Waals surface area contributed by atoms with E-state index in [0.717, 1.165) is 23.3 Å². The maximum Gasteiger partial charge on any atom is 0.291 e. The molecule has 0 amide bonds. The molecule has 8 heteroatoms. The van der Waals surface area contributed by atoms with E-state index in [0.29, 0.717) is 33.2 Å². The fourth-order valence-corrected chi connectivity index (χ4v) is 4.05. The molecular weight excluding hydrogens is 402 g/mol. The van der Waals surface area contributed by atoms with Crippen LogP contribution in [0.5, 0.6) is 17.2 Å². The molecule has 0 radical (unpaired) electrons. The Bertz CT molecular complexity index is 1280. The van der Waals surface area contributed by atoms with Crippen LogP contribution in [0.2, 0.25) is 0 Å². The number of aromatic nitrogens is 3. The van der Waals surface area contributed by atoms with Crippen molar-refractivity contribution in [1.82, 2.24) is 14.6 Å². The van der Waals surface area contributed by atoms with Crippen molar-refractivity contribution < 1.29 is 14.2 Å². The smallest absolute Gasteiger partial charge is 0.291 e. The molecule has 0 saturated carbocycles. The molecule has 2 aromatic heterocycles. The van der Waals surface area contributed by atoms with Crippen molar-refractivity contribution in [3.05, 3.63) is 74.3 Å². The predicted octanol–water partition coefficient (Wildman–Crippen LogP) is 2.51. The summed E-state index contributed by atoms with van der Waals surface area (Å²) in [6.07, 6.45) is 3.20. The molecule has 154 valence electrons. The highest BCUT2D eigenvalue weighted by atomic mass is 32.1. The molecule has 4 aromatic rings. The first-order valence-corrected chi connectivity index (χ1v) is 10.2. The molecule has 0 N–H and O–H groups in total. The van der Waals surface area contributed by atoms with Crippen LogP contribution in [0.25, 0.3) is 11.0 Å². The third-order valence-corrected chi connectivity index (χ3v) is 5.68. The molecule has 0 unspecified atom stereocenters. The van der Waals surface area contributed by atoms with Crippen LogP contribution in [-0.4, -0.2) is 35.9 Å². The molecule has 0 saturated heterocycles. The number of rotatable bonds is 7. The van der Waals surface area contributed by atoms with E-state index in [1.54, 1.807) is 21.3 Å². The van der Waals surface area contributed by atoms with E-state index in [4.69, 9.17) is 14.2 Å². The monoisotopic (exact) mass is 423 g/mol. The van der Waals surface area contributed by atoms with E-state index in [-0.39, 0.29) is 5.56 Å². The van der Waals surface area contributed by atoms with Gasteiger partial charge in [0.15, 0.2) is 17.3 Å². The molecule has 0 aliphatic heterocycles. The Morgan fingerprint density at radius 3 is 2.40 bits per heavy atom. The summed E-state index contributed by atoms with van der Waals surface area (Å²) in [6, 6.07) is 13.3. The zero-order chi connectivity index (χ0) is 21.1. The molecular formula is C22H21N3O4S. The Labute approximate surface area is 177 Å². The van der Waals surface area contributed by atoms with Crippen LogP contribution in [0.3, 0.4) is 0 Å². The fraction of sp³-hybridized carbons (Fsp3) is 0.227. The number of hydrogen-bond donors (Lipinski definition) is 0. The average molecular weight is 423 g/mol. The molecule has 0 aliphatic carbocycles. The Morgan fingerprint density at radius 1 is 0.967 bits per heavy atom. The van der Waals surface area contributed by atoms with E-state index in [1.807, 2.05) is 48.5 Å². The van der Waals surface area contributed by atoms with Crippen LogP contribution in [0.1, 0.15) is 17.0 Å². The van der Waals surface area contributed by atoms with Gasteiger partial charge in [-0.05, 0) is 47.9 Å². The normalized spacial score (nSPS) is 11.8. The van der Waals surface area contributed by atoms with Gasteiger partial charge >= 0.3 is 0 Å². The summed E-state index contributed by atoms with van der Waals surface area (Å²) in [5.74, 6) is 2.80. The first kappa shape index (κ1) is 19.9. The van der Waals surface area contributed by atoms with Gasteiger partial charge < -0.3 is 14.2 Å². The minimum atomic E-state index is -0.157. The van der Waals surface area contributed by atoms with Gasteiger partial charge in [0.2, 0.25) is 4.96 Å². The topological polar surface area (TPSA) is 74.9 Å². The van der Waals surface area contributed by atoms with Crippen LogP contribution in [0.15, 0.2) is 47.3 Å². The summed E-state index contributed by atoms with van der Waals surface area (Å²) in [4.78, 5) is 17.8. The van der Waals surface area contributed by atoms with E-state index in [1.165, 1.54) is 15.9 Å². The van der Waals surface area contributed by atoms with Crippen LogP contribution >= 0.6 is 11.3 Å². The van der Waals surface area contributed by atoms with Gasteiger partial charge in [0.05, 0.1) is 25.9 Å². The van der Waals surface area contributed by atoms with Gasteiger partial charge in [-0.25, -0.2) is 4.98 Å². The summed E-state index contributed by atoms with van der Waals surface area (Å²) in [5, 5.41) is 4.40. The quantitative estimate of drug-likeness (QED) is 0.455. The number of nitrogens with zero attached hydrogens (tertiary/aromatic N) is 3. The molecule has 0 atom stereocenters. The molecule has 7 nitrogen and oxygen atoms in total. The summed E-state index contributed by atoms with van der Waals surface area (Å²) in [7, 11) is 4.85. The van der Waals surface area contributed by atoms with Gasteiger partial charge in [-0.3, -0.25) is 4.79 Å². The third-order valence-electron chi connectivity index (χ3n) is 4.72. The highest BCUT2D eigenvalue weighted by molar-refractivity contribution is 7.15. The number of thiazole rings is 1. The number of aryl methyl sites for hydroxylation is 2. The molecule has 0 aliphatic rings. The number of ether oxygens (including phenoxy) is 3. The maximum atomic E-state index is 12.7. The van der Waals surface area contributed by atoms with Gasteiger partial charge in [-0.2, -0.15) is 4.52 Å². The number of hydrogen-bond acceptors (Lipinski definition) is 7. The summed E-state index contributed by atoms with van der Waals surface area (Å²) < 4.78 is 17.7. The number of fused-ring (bicyclic) bond motifs is 1. The molecule has 4 rings (SSSR count).